The molecule has 3 atom stereocenters. The molecule has 2 heterocycles. The number of carbonyl (C=O) groups is 3. The molecule has 1 aliphatic rings. The van der Waals surface area contributed by atoms with E-state index in [1.165, 1.54) is 0 Å². The van der Waals surface area contributed by atoms with Crippen molar-refractivity contribution in [3.8, 4) is 0 Å². The number of halogens is 1. The second-order valence-electron chi connectivity index (χ2n) is 9.58. The standard InChI is InChI=1S/C22H31ClN4O4Si/c1-32(2,3)12-18(22(31)25-15(11-28)9-14-7-8-24-20(14)29)27-21(30)17-10-13-5-4-6-16(23)19(13)26-17/h4-6,10,14-15,18,26,28H,7-9,11-12H2,1-3H3,(H,24,29)(H,25,31)(H,27,30)/t14-,15-,18-/m0/s1. The van der Waals surface area contributed by atoms with E-state index in [2.05, 4.69) is 40.6 Å². The molecule has 0 saturated carbocycles. The number of rotatable bonds is 9. The fourth-order valence-electron chi connectivity index (χ4n) is 3.99. The summed E-state index contributed by atoms with van der Waals surface area (Å²) in [7, 11) is -1.73. The molecule has 1 aliphatic heterocycles. The molecule has 1 fully saturated rings. The maximum atomic E-state index is 13.1. The van der Waals surface area contributed by atoms with Gasteiger partial charge in [0, 0.05) is 25.9 Å². The number of nitrogens with one attached hydrogen (secondary N) is 4. The van der Waals surface area contributed by atoms with Crippen molar-refractivity contribution in [2.45, 2.75) is 50.6 Å². The molecule has 174 valence electrons. The van der Waals surface area contributed by atoms with Gasteiger partial charge < -0.3 is 26.0 Å². The van der Waals surface area contributed by atoms with Crippen molar-refractivity contribution in [1.82, 2.24) is 20.9 Å². The lowest BCUT2D eigenvalue weighted by Gasteiger charge is -2.27. The van der Waals surface area contributed by atoms with Gasteiger partial charge in [0.15, 0.2) is 0 Å². The number of carbonyl (C=O) groups excluding carboxylic acids is 3. The van der Waals surface area contributed by atoms with E-state index in [4.69, 9.17) is 11.6 Å². The third-order valence-corrected chi connectivity index (χ3v) is 7.53. The van der Waals surface area contributed by atoms with Crippen LogP contribution < -0.4 is 16.0 Å². The van der Waals surface area contributed by atoms with Gasteiger partial charge in [-0.3, -0.25) is 14.4 Å². The highest BCUT2D eigenvalue weighted by atomic mass is 35.5. The Balaban J connectivity index is 1.72. The van der Waals surface area contributed by atoms with Gasteiger partial charge in [-0.15, -0.1) is 0 Å². The maximum Gasteiger partial charge on any atom is 0.268 e. The molecular weight excluding hydrogens is 448 g/mol. The predicted octanol–water partition coefficient (Wildman–Crippen LogP) is 2.26. The molecule has 0 radical (unpaired) electrons. The van der Waals surface area contributed by atoms with Crippen molar-refractivity contribution >= 4 is 48.3 Å². The van der Waals surface area contributed by atoms with Crippen LogP contribution in [-0.4, -0.2) is 61.1 Å². The first-order chi connectivity index (χ1) is 15.1. The first-order valence-electron chi connectivity index (χ1n) is 10.8. The summed E-state index contributed by atoms with van der Waals surface area (Å²) < 4.78 is 0. The molecule has 1 aromatic carbocycles. The molecule has 1 saturated heterocycles. The van der Waals surface area contributed by atoms with Crippen molar-refractivity contribution in [2.24, 2.45) is 5.92 Å². The molecule has 0 spiro atoms. The maximum absolute atomic E-state index is 13.1. The number of aliphatic hydroxyl groups excluding tert-OH is 1. The number of H-pyrrole nitrogens is 1. The first-order valence-corrected chi connectivity index (χ1v) is 14.9. The van der Waals surface area contributed by atoms with Crippen LogP contribution in [0.4, 0.5) is 0 Å². The number of amides is 3. The van der Waals surface area contributed by atoms with Crippen LogP contribution in [0.25, 0.3) is 10.9 Å². The van der Waals surface area contributed by atoms with Crippen LogP contribution in [-0.2, 0) is 9.59 Å². The summed E-state index contributed by atoms with van der Waals surface area (Å²) >= 11 is 6.20. The van der Waals surface area contributed by atoms with E-state index in [0.29, 0.717) is 41.7 Å². The summed E-state index contributed by atoms with van der Waals surface area (Å²) in [6.45, 7) is 6.69. The number of benzene rings is 1. The van der Waals surface area contributed by atoms with E-state index in [1.807, 2.05) is 6.07 Å². The minimum absolute atomic E-state index is 0.0536. The summed E-state index contributed by atoms with van der Waals surface area (Å²) in [5, 5.41) is 19.5. The van der Waals surface area contributed by atoms with Gasteiger partial charge >= 0.3 is 0 Å². The van der Waals surface area contributed by atoms with E-state index in [0.717, 1.165) is 5.39 Å². The molecular formula is C22H31ClN4O4Si. The average molecular weight is 479 g/mol. The number of hydrogen-bond acceptors (Lipinski definition) is 4. The Morgan fingerprint density at radius 2 is 2.03 bits per heavy atom. The largest absolute Gasteiger partial charge is 0.394 e. The van der Waals surface area contributed by atoms with Crippen molar-refractivity contribution < 1.29 is 19.5 Å². The van der Waals surface area contributed by atoms with E-state index < -0.39 is 26.1 Å². The smallest absolute Gasteiger partial charge is 0.268 e. The molecule has 5 N–H and O–H groups in total. The summed E-state index contributed by atoms with van der Waals surface area (Å²) in [6, 6.07) is 6.34. The van der Waals surface area contributed by atoms with Gasteiger partial charge in [-0.05, 0) is 31.0 Å². The van der Waals surface area contributed by atoms with Crippen LogP contribution in [0.15, 0.2) is 24.3 Å². The highest BCUT2D eigenvalue weighted by Gasteiger charge is 2.32. The molecule has 10 heteroatoms. The fraction of sp³-hybridized carbons (Fsp3) is 0.500. The minimum Gasteiger partial charge on any atom is -0.394 e. The van der Waals surface area contributed by atoms with E-state index >= 15 is 0 Å². The van der Waals surface area contributed by atoms with Gasteiger partial charge in [-0.1, -0.05) is 43.4 Å². The van der Waals surface area contributed by atoms with Gasteiger partial charge in [0.25, 0.3) is 5.91 Å². The lowest BCUT2D eigenvalue weighted by atomic mass is 9.98. The molecule has 0 aliphatic carbocycles. The second kappa shape index (κ2) is 10.1. The number of fused-ring (bicyclic) bond motifs is 1. The third kappa shape index (κ3) is 6.11. The van der Waals surface area contributed by atoms with Crippen molar-refractivity contribution in [3.05, 3.63) is 35.0 Å². The number of hydrogen-bond donors (Lipinski definition) is 5. The Bertz CT molecular complexity index is 1000. The van der Waals surface area contributed by atoms with Crippen LogP contribution in [0.1, 0.15) is 23.3 Å². The summed E-state index contributed by atoms with van der Waals surface area (Å²) in [4.78, 5) is 40.9. The van der Waals surface area contributed by atoms with Crippen LogP contribution in [0.2, 0.25) is 30.7 Å². The zero-order chi connectivity index (χ0) is 23.5. The Labute approximate surface area is 193 Å². The highest BCUT2D eigenvalue weighted by molar-refractivity contribution is 6.76. The molecule has 0 bridgehead atoms. The minimum atomic E-state index is -1.73. The van der Waals surface area contributed by atoms with Gasteiger partial charge in [-0.2, -0.15) is 0 Å². The van der Waals surface area contributed by atoms with Gasteiger partial charge in [0.2, 0.25) is 11.8 Å². The number of aromatic nitrogens is 1. The van der Waals surface area contributed by atoms with Gasteiger partial charge in [0.05, 0.1) is 23.2 Å². The van der Waals surface area contributed by atoms with Crippen molar-refractivity contribution in [1.29, 1.82) is 0 Å². The Kier molecular flexibility index (Phi) is 7.63. The van der Waals surface area contributed by atoms with E-state index in [-0.39, 0.29) is 24.3 Å². The average Bonchev–Trinajstić information content (AvgIpc) is 3.33. The molecule has 8 nitrogen and oxygen atoms in total. The Morgan fingerprint density at radius 1 is 1.28 bits per heavy atom. The van der Waals surface area contributed by atoms with Crippen LogP contribution in [0, 0.1) is 5.92 Å². The molecule has 3 rings (SSSR count). The number of aromatic amines is 1. The normalized spacial score (nSPS) is 18.3. The zero-order valence-electron chi connectivity index (χ0n) is 18.6. The van der Waals surface area contributed by atoms with Crippen LogP contribution >= 0.6 is 11.6 Å². The molecule has 0 unspecified atom stereocenters. The van der Waals surface area contributed by atoms with E-state index in [1.54, 1.807) is 18.2 Å². The molecule has 3 amide bonds. The predicted molar refractivity (Wildman–Crippen MR) is 127 cm³/mol. The first kappa shape index (κ1) is 24.3. The quantitative estimate of drug-likeness (QED) is 0.354. The van der Waals surface area contributed by atoms with Crippen molar-refractivity contribution in [2.75, 3.05) is 13.2 Å². The Hall–Kier alpha value is -2.36. The lowest BCUT2D eigenvalue weighted by Crippen LogP contribution is -2.53. The SMILES string of the molecule is C[Si](C)(C)C[C@H](NC(=O)c1cc2cccc(Cl)c2[nH]1)C(=O)N[C@H](CO)C[C@@H]1CCNC1=O. The summed E-state index contributed by atoms with van der Waals surface area (Å²) in [6.07, 6.45) is 1.05. The second-order valence-corrected chi connectivity index (χ2v) is 15.5. The van der Waals surface area contributed by atoms with Crippen LogP contribution in [0.5, 0.6) is 0 Å². The zero-order valence-corrected chi connectivity index (χ0v) is 20.4. The third-order valence-electron chi connectivity index (χ3n) is 5.59. The van der Waals surface area contributed by atoms with Crippen molar-refractivity contribution in [3.63, 3.8) is 0 Å². The van der Waals surface area contributed by atoms with Gasteiger partial charge in [-0.25, -0.2) is 0 Å². The van der Waals surface area contributed by atoms with E-state index in [9.17, 15) is 19.5 Å². The molecule has 1 aromatic heterocycles. The van der Waals surface area contributed by atoms with Crippen LogP contribution in [0.3, 0.4) is 0 Å². The fourth-order valence-corrected chi connectivity index (χ4v) is 5.73. The highest BCUT2D eigenvalue weighted by Crippen LogP contribution is 2.24. The molecule has 32 heavy (non-hydrogen) atoms. The number of para-hydroxylation sites is 1. The molecule has 2 aromatic rings. The van der Waals surface area contributed by atoms with Gasteiger partial charge in [0.1, 0.15) is 11.7 Å². The summed E-state index contributed by atoms with van der Waals surface area (Å²) in [5.41, 5.74) is 0.989. The Morgan fingerprint density at radius 3 is 2.62 bits per heavy atom. The topological polar surface area (TPSA) is 123 Å². The number of aliphatic hydroxyl groups is 1. The summed E-state index contributed by atoms with van der Waals surface area (Å²) in [5.74, 6) is -1.03. The lowest BCUT2D eigenvalue weighted by molar-refractivity contribution is -0.125. The monoisotopic (exact) mass is 478 g/mol.